The number of hydrogen-bond acceptors (Lipinski definition) is 2. The molecule has 0 radical (unpaired) electrons. The molecule has 0 aliphatic heterocycles. The van der Waals surface area contributed by atoms with Crippen LogP contribution in [0, 0.1) is 5.82 Å². The summed E-state index contributed by atoms with van der Waals surface area (Å²) in [5, 5.41) is 5.31. The molecule has 2 N–H and O–H groups in total. The first-order valence-corrected chi connectivity index (χ1v) is 7.53. The zero-order valence-electron chi connectivity index (χ0n) is 12.5. The molecule has 0 atom stereocenters. The molecule has 0 bridgehead atoms. The van der Waals surface area contributed by atoms with Crippen LogP contribution < -0.4 is 10.6 Å². The number of halogens is 2. The molecule has 0 saturated carbocycles. The normalized spacial score (nSPS) is 10.2. The van der Waals surface area contributed by atoms with Crippen LogP contribution in [-0.4, -0.2) is 11.8 Å². The van der Waals surface area contributed by atoms with Crippen LogP contribution in [0.3, 0.4) is 0 Å². The average Bonchev–Trinajstić information content (AvgIpc) is 2.52. The van der Waals surface area contributed by atoms with Crippen LogP contribution >= 0.6 is 11.6 Å². The van der Waals surface area contributed by atoms with Crippen LogP contribution in [0.25, 0.3) is 0 Å². The summed E-state index contributed by atoms with van der Waals surface area (Å²) in [7, 11) is 0. The molecule has 0 unspecified atom stereocenters. The third kappa shape index (κ3) is 4.79. The largest absolute Gasteiger partial charge is 0.326 e. The van der Waals surface area contributed by atoms with E-state index in [0.29, 0.717) is 23.4 Å². The van der Waals surface area contributed by atoms with E-state index in [1.807, 2.05) is 6.92 Å². The summed E-state index contributed by atoms with van der Waals surface area (Å²) < 4.78 is 13.1. The van der Waals surface area contributed by atoms with E-state index in [0.717, 1.165) is 6.42 Å². The van der Waals surface area contributed by atoms with E-state index in [9.17, 15) is 14.0 Å². The fraction of sp³-hybridized carbons (Fsp3) is 0.176. The lowest BCUT2D eigenvalue weighted by Crippen LogP contribution is -2.13. The molecule has 0 heterocycles. The van der Waals surface area contributed by atoms with Crippen molar-refractivity contribution in [1.82, 2.24) is 0 Å². The minimum Gasteiger partial charge on any atom is -0.326 e. The number of amides is 2. The third-order valence-corrected chi connectivity index (χ3v) is 3.38. The highest BCUT2D eigenvalue weighted by atomic mass is 35.5. The average molecular weight is 335 g/mol. The van der Waals surface area contributed by atoms with Crippen LogP contribution in [0.2, 0.25) is 5.02 Å². The lowest BCUT2D eigenvalue weighted by molar-refractivity contribution is -0.116. The molecular formula is C17H16ClFN2O2. The fourth-order valence-electron chi connectivity index (χ4n) is 1.93. The van der Waals surface area contributed by atoms with Crippen molar-refractivity contribution < 1.29 is 14.0 Å². The molecule has 0 aliphatic rings. The van der Waals surface area contributed by atoms with Gasteiger partial charge in [-0.1, -0.05) is 18.5 Å². The van der Waals surface area contributed by atoms with Crippen molar-refractivity contribution in [2.45, 2.75) is 19.8 Å². The second kappa shape index (κ2) is 7.74. The number of anilines is 2. The van der Waals surface area contributed by atoms with E-state index >= 15 is 0 Å². The van der Waals surface area contributed by atoms with Crippen molar-refractivity contribution in [2.24, 2.45) is 0 Å². The van der Waals surface area contributed by atoms with Gasteiger partial charge in [-0.15, -0.1) is 0 Å². The highest BCUT2D eigenvalue weighted by Crippen LogP contribution is 2.20. The Hall–Kier alpha value is -2.40. The Kier molecular flexibility index (Phi) is 5.71. The molecule has 0 spiro atoms. The van der Waals surface area contributed by atoms with Gasteiger partial charge in [-0.05, 0) is 48.9 Å². The van der Waals surface area contributed by atoms with Crippen molar-refractivity contribution in [3.05, 3.63) is 58.9 Å². The molecule has 6 heteroatoms. The van der Waals surface area contributed by atoms with E-state index in [-0.39, 0.29) is 16.8 Å². The number of nitrogens with one attached hydrogen (secondary N) is 2. The van der Waals surface area contributed by atoms with Gasteiger partial charge in [0.25, 0.3) is 5.91 Å². The Morgan fingerprint density at radius 1 is 1.04 bits per heavy atom. The van der Waals surface area contributed by atoms with Gasteiger partial charge in [0.2, 0.25) is 5.91 Å². The monoisotopic (exact) mass is 334 g/mol. The van der Waals surface area contributed by atoms with Gasteiger partial charge in [-0.25, -0.2) is 4.39 Å². The second-order valence-electron chi connectivity index (χ2n) is 4.96. The fourth-order valence-corrected chi connectivity index (χ4v) is 2.11. The highest BCUT2D eigenvalue weighted by molar-refractivity contribution is 6.31. The van der Waals surface area contributed by atoms with E-state index < -0.39 is 5.82 Å². The van der Waals surface area contributed by atoms with Crippen molar-refractivity contribution >= 4 is 34.8 Å². The minimum atomic E-state index is -0.545. The Balaban J connectivity index is 2.02. The summed E-state index contributed by atoms with van der Waals surface area (Å²) in [6, 6.07) is 10.5. The maximum atomic E-state index is 13.1. The lowest BCUT2D eigenvalue weighted by atomic mass is 10.2. The Bertz CT molecular complexity index is 717. The van der Waals surface area contributed by atoms with Gasteiger partial charge >= 0.3 is 0 Å². The molecule has 0 saturated heterocycles. The van der Waals surface area contributed by atoms with Crippen LogP contribution in [0.5, 0.6) is 0 Å². The van der Waals surface area contributed by atoms with Crippen LogP contribution in [0.4, 0.5) is 15.8 Å². The minimum absolute atomic E-state index is 0.0585. The Labute approximate surface area is 138 Å². The number of benzene rings is 2. The van der Waals surface area contributed by atoms with E-state index in [1.54, 1.807) is 24.3 Å². The molecule has 2 rings (SSSR count). The van der Waals surface area contributed by atoms with Crippen LogP contribution in [0.1, 0.15) is 30.1 Å². The molecule has 0 aliphatic carbocycles. The maximum Gasteiger partial charge on any atom is 0.255 e. The standard InChI is InChI=1S/C17H16ClFN2O2/c1-2-3-16(22)20-12-6-4-11(5-7-12)17(23)21-13-8-9-15(19)14(18)10-13/h4-10H,2-3H2,1H3,(H,20,22)(H,21,23). The topological polar surface area (TPSA) is 58.2 Å². The summed E-state index contributed by atoms with van der Waals surface area (Å²) in [5.74, 6) is -0.957. The Morgan fingerprint density at radius 3 is 2.30 bits per heavy atom. The number of rotatable bonds is 5. The van der Waals surface area contributed by atoms with Gasteiger partial charge in [0.1, 0.15) is 5.82 Å². The molecule has 0 aromatic heterocycles. The summed E-state index contributed by atoms with van der Waals surface area (Å²) in [6.07, 6.45) is 1.22. The van der Waals surface area contributed by atoms with Gasteiger partial charge in [0, 0.05) is 23.4 Å². The van der Waals surface area contributed by atoms with Gasteiger partial charge in [0.15, 0.2) is 0 Å². The predicted molar refractivity (Wildman–Crippen MR) is 89.3 cm³/mol. The molecule has 0 fully saturated rings. The first-order chi connectivity index (χ1) is 11.0. The van der Waals surface area contributed by atoms with Crippen LogP contribution in [-0.2, 0) is 4.79 Å². The molecule has 4 nitrogen and oxygen atoms in total. The first kappa shape index (κ1) is 17.0. The summed E-state index contributed by atoms with van der Waals surface area (Å²) in [4.78, 5) is 23.6. The summed E-state index contributed by atoms with van der Waals surface area (Å²) >= 11 is 5.67. The Morgan fingerprint density at radius 2 is 1.70 bits per heavy atom. The molecule has 2 aromatic carbocycles. The van der Waals surface area contributed by atoms with Crippen molar-refractivity contribution in [3.63, 3.8) is 0 Å². The van der Waals surface area contributed by atoms with Crippen molar-refractivity contribution in [1.29, 1.82) is 0 Å². The molecule has 2 amide bonds. The van der Waals surface area contributed by atoms with E-state index in [2.05, 4.69) is 10.6 Å². The van der Waals surface area contributed by atoms with Gasteiger partial charge < -0.3 is 10.6 Å². The van der Waals surface area contributed by atoms with Crippen molar-refractivity contribution in [2.75, 3.05) is 10.6 Å². The molecule has 120 valence electrons. The predicted octanol–water partition coefficient (Wildman–Crippen LogP) is 4.47. The second-order valence-corrected chi connectivity index (χ2v) is 5.37. The molecular weight excluding hydrogens is 319 g/mol. The maximum absolute atomic E-state index is 13.1. The summed E-state index contributed by atoms with van der Waals surface area (Å²) in [6.45, 7) is 1.93. The zero-order valence-corrected chi connectivity index (χ0v) is 13.3. The quantitative estimate of drug-likeness (QED) is 0.847. The van der Waals surface area contributed by atoms with Gasteiger partial charge in [-0.2, -0.15) is 0 Å². The SMILES string of the molecule is CCCC(=O)Nc1ccc(C(=O)Nc2ccc(F)c(Cl)c2)cc1. The third-order valence-electron chi connectivity index (χ3n) is 3.09. The van der Waals surface area contributed by atoms with Crippen LogP contribution in [0.15, 0.2) is 42.5 Å². The van der Waals surface area contributed by atoms with Gasteiger partial charge in [0.05, 0.1) is 5.02 Å². The zero-order chi connectivity index (χ0) is 16.8. The lowest BCUT2D eigenvalue weighted by Gasteiger charge is -2.08. The molecule has 23 heavy (non-hydrogen) atoms. The summed E-state index contributed by atoms with van der Waals surface area (Å²) in [5.41, 5.74) is 1.45. The number of carbonyl (C=O) groups is 2. The van der Waals surface area contributed by atoms with E-state index in [4.69, 9.17) is 11.6 Å². The number of carbonyl (C=O) groups excluding carboxylic acids is 2. The first-order valence-electron chi connectivity index (χ1n) is 7.16. The van der Waals surface area contributed by atoms with Crippen molar-refractivity contribution in [3.8, 4) is 0 Å². The number of hydrogen-bond donors (Lipinski definition) is 2. The smallest absolute Gasteiger partial charge is 0.255 e. The van der Waals surface area contributed by atoms with Gasteiger partial charge in [-0.3, -0.25) is 9.59 Å². The molecule has 2 aromatic rings. The highest BCUT2D eigenvalue weighted by Gasteiger charge is 2.08. The van der Waals surface area contributed by atoms with E-state index in [1.165, 1.54) is 18.2 Å².